The van der Waals surface area contributed by atoms with Crippen molar-refractivity contribution in [2.45, 2.75) is 45.1 Å². The van der Waals surface area contributed by atoms with Gasteiger partial charge in [0.1, 0.15) is 0 Å². The van der Waals surface area contributed by atoms with Gasteiger partial charge in [-0.05, 0) is 43.7 Å². The number of amides is 1. The number of hydrogen-bond acceptors (Lipinski definition) is 5. The molecule has 0 radical (unpaired) electrons. The number of aromatic nitrogens is 2. The third-order valence-corrected chi connectivity index (χ3v) is 4.29. The van der Waals surface area contributed by atoms with E-state index >= 15 is 0 Å². The molecule has 0 atom stereocenters. The molecule has 3 N–H and O–H groups in total. The molecule has 1 heterocycles. The van der Waals surface area contributed by atoms with E-state index in [0.29, 0.717) is 17.6 Å². The van der Waals surface area contributed by atoms with Crippen LogP contribution < -0.4 is 11.3 Å². The maximum Gasteiger partial charge on any atom is 0.274 e. The molecule has 1 aromatic rings. The number of anilines is 1. The predicted octanol–water partition coefficient (Wildman–Crippen LogP) is 1.80. The van der Waals surface area contributed by atoms with Crippen molar-refractivity contribution in [3.63, 3.8) is 0 Å². The van der Waals surface area contributed by atoms with Crippen LogP contribution >= 0.6 is 0 Å². The Labute approximate surface area is 119 Å². The highest BCUT2D eigenvalue weighted by Crippen LogP contribution is 2.29. The summed E-state index contributed by atoms with van der Waals surface area (Å²) in [5.74, 6) is 6.44. The van der Waals surface area contributed by atoms with Crippen LogP contribution in [-0.4, -0.2) is 34.1 Å². The molecule has 0 unspecified atom stereocenters. The van der Waals surface area contributed by atoms with E-state index in [0.717, 1.165) is 18.8 Å². The summed E-state index contributed by atoms with van der Waals surface area (Å²) >= 11 is 0. The Morgan fingerprint density at radius 1 is 1.35 bits per heavy atom. The first-order valence-corrected chi connectivity index (χ1v) is 7.23. The van der Waals surface area contributed by atoms with E-state index in [1.54, 1.807) is 12.1 Å². The Kier molecular flexibility index (Phi) is 4.89. The van der Waals surface area contributed by atoms with Crippen molar-refractivity contribution in [3.05, 3.63) is 17.8 Å². The summed E-state index contributed by atoms with van der Waals surface area (Å²) in [6.45, 7) is 2.24. The van der Waals surface area contributed by atoms with Crippen LogP contribution in [0.3, 0.4) is 0 Å². The number of nitrogens with zero attached hydrogens (tertiary/aromatic N) is 3. The molecule has 20 heavy (non-hydrogen) atoms. The Balaban J connectivity index is 1.97. The molecule has 0 aliphatic heterocycles. The van der Waals surface area contributed by atoms with Crippen LogP contribution in [-0.2, 0) is 0 Å². The predicted molar refractivity (Wildman–Crippen MR) is 78.0 cm³/mol. The summed E-state index contributed by atoms with van der Waals surface area (Å²) < 4.78 is 0. The van der Waals surface area contributed by atoms with Crippen LogP contribution in [0.25, 0.3) is 0 Å². The minimum atomic E-state index is -0.0685. The zero-order valence-electron chi connectivity index (χ0n) is 12.2. The monoisotopic (exact) mass is 277 g/mol. The standard InChI is InChI=1S/C14H23N5O/c1-3-10-4-6-11(7-5-10)19(2)14(20)12-8-9-13(16-15)18-17-12/h8-11H,3-7,15H2,1-2H3,(H,16,18). The number of carbonyl (C=O) groups excluding carboxylic acids is 1. The van der Waals surface area contributed by atoms with Gasteiger partial charge >= 0.3 is 0 Å². The van der Waals surface area contributed by atoms with Gasteiger partial charge in [-0.1, -0.05) is 13.3 Å². The zero-order valence-corrected chi connectivity index (χ0v) is 12.2. The highest BCUT2D eigenvalue weighted by molar-refractivity contribution is 5.92. The highest BCUT2D eigenvalue weighted by atomic mass is 16.2. The second-order valence-corrected chi connectivity index (χ2v) is 5.45. The van der Waals surface area contributed by atoms with Gasteiger partial charge < -0.3 is 10.3 Å². The van der Waals surface area contributed by atoms with Gasteiger partial charge in [0.2, 0.25) is 0 Å². The first-order chi connectivity index (χ1) is 9.65. The summed E-state index contributed by atoms with van der Waals surface area (Å²) in [7, 11) is 1.86. The number of nitrogens with two attached hydrogens (primary N) is 1. The van der Waals surface area contributed by atoms with Crippen molar-refractivity contribution in [3.8, 4) is 0 Å². The molecule has 1 amide bonds. The molecular formula is C14H23N5O. The molecule has 1 saturated carbocycles. The summed E-state index contributed by atoms with van der Waals surface area (Å²) in [5, 5.41) is 7.75. The smallest absolute Gasteiger partial charge is 0.274 e. The van der Waals surface area contributed by atoms with Crippen LogP contribution in [0.5, 0.6) is 0 Å². The van der Waals surface area contributed by atoms with Gasteiger partial charge in [-0.25, -0.2) is 5.84 Å². The van der Waals surface area contributed by atoms with E-state index < -0.39 is 0 Å². The number of hydrogen-bond donors (Lipinski definition) is 2. The number of hydrazine groups is 1. The summed E-state index contributed by atoms with van der Waals surface area (Å²) in [4.78, 5) is 14.2. The largest absolute Gasteiger partial charge is 0.337 e. The van der Waals surface area contributed by atoms with Crippen LogP contribution in [0.2, 0.25) is 0 Å². The lowest BCUT2D eigenvalue weighted by Crippen LogP contribution is -2.39. The maximum absolute atomic E-state index is 12.4. The molecule has 1 fully saturated rings. The van der Waals surface area contributed by atoms with Crippen molar-refractivity contribution >= 4 is 11.7 Å². The van der Waals surface area contributed by atoms with Crippen LogP contribution in [0.4, 0.5) is 5.82 Å². The van der Waals surface area contributed by atoms with Crippen molar-refractivity contribution in [1.29, 1.82) is 0 Å². The molecule has 110 valence electrons. The molecule has 0 aromatic carbocycles. The van der Waals surface area contributed by atoms with Gasteiger partial charge in [0.25, 0.3) is 5.91 Å². The molecule has 0 spiro atoms. The Hall–Kier alpha value is -1.69. The molecule has 6 nitrogen and oxygen atoms in total. The van der Waals surface area contributed by atoms with E-state index in [-0.39, 0.29) is 5.91 Å². The Bertz CT molecular complexity index is 439. The fourth-order valence-electron chi connectivity index (χ4n) is 2.81. The summed E-state index contributed by atoms with van der Waals surface area (Å²) in [6.07, 6.45) is 5.82. The zero-order chi connectivity index (χ0) is 14.5. The average molecular weight is 277 g/mol. The second-order valence-electron chi connectivity index (χ2n) is 5.45. The minimum absolute atomic E-state index is 0.0685. The van der Waals surface area contributed by atoms with Crippen LogP contribution in [0.1, 0.15) is 49.5 Å². The van der Waals surface area contributed by atoms with Crippen molar-refractivity contribution < 1.29 is 4.79 Å². The number of nitrogens with one attached hydrogen (secondary N) is 1. The van der Waals surface area contributed by atoms with Crippen molar-refractivity contribution in [1.82, 2.24) is 15.1 Å². The number of rotatable bonds is 4. The lowest BCUT2D eigenvalue weighted by molar-refractivity contribution is 0.0667. The lowest BCUT2D eigenvalue weighted by atomic mass is 9.84. The maximum atomic E-state index is 12.4. The van der Waals surface area contributed by atoms with E-state index in [2.05, 4.69) is 22.5 Å². The molecular weight excluding hydrogens is 254 g/mol. The molecule has 1 aromatic heterocycles. The number of nitrogen functional groups attached to an aromatic ring is 1. The molecule has 6 heteroatoms. The third kappa shape index (κ3) is 3.25. The Morgan fingerprint density at radius 3 is 2.55 bits per heavy atom. The highest BCUT2D eigenvalue weighted by Gasteiger charge is 2.27. The quantitative estimate of drug-likeness (QED) is 0.647. The van der Waals surface area contributed by atoms with Gasteiger partial charge in [0.05, 0.1) is 0 Å². The number of carbonyl (C=O) groups is 1. The lowest BCUT2D eigenvalue weighted by Gasteiger charge is -2.34. The minimum Gasteiger partial charge on any atom is -0.337 e. The van der Waals surface area contributed by atoms with Gasteiger partial charge in [-0.15, -0.1) is 10.2 Å². The van der Waals surface area contributed by atoms with Gasteiger partial charge in [-0.2, -0.15) is 0 Å². The molecule has 0 bridgehead atoms. The summed E-state index contributed by atoms with van der Waals surface area (Å²) in [5.41, 5.74) is 2.76. The fraction of sp³-hybridized carbons (Fsp3) is 0.643. The van der Waals surface area contributed by atoms with Crippen LogP contribution in [0, 0.1) is 5.92 Å². The molecule has 2 rings (SSSR count). The molecule has 1 aliphatic rings. The average Bonchev–Trinajstić information content (AvgIpc) is 2.53. The van der Waals surface area contributed by atoms with Crippen LogP contribution in [0.15, 0.2) is 12.1 Å². The van der Waals surface area contributed by atoms with E-state index in [9.17, 15) is 4.79 Å². The van der Waals surface area contributed by atoms with Gasteiger partial charge in [0, 0.05) is 13.1 Å². The first-order valence-electron chi connectivity index (χ1n) is 7.23. The van der Waals surface area contributed by atoms with Crippen molar-refractivity contribution in [2.24, 2.45) is 11.8 Å². The van der Waals surface area contributed by atoms with E-state index in [1.807, 2.05) is 11.9 Å². The second kappa shape index (κ2) is 6.65. The Morgan fingerprint density at radius 2 is 2.05 bits per heavy atom. The SMILES string of the molecule is CCC1CCC(N(C)C(=O)c2ccc(NN)nn2)CC1. The summed E-state index contributed by atoms with van der Waals surface area (Å²) in [6, 6.07) is 3.63. The van der Waals surface area contributed by atoms with Gasteiger partial charge in [0.15, 0.2) is 11.5 Å². The van der Waals surface area contributed by atoms with Crippen molar-refractivity contribution in [2.75, 3.05) is 12.5 Å². The third-order valence-electron chi connectivity index (χ3n) is 4.29. The van der Waals surface area contributed by atoms with E-state index in [1.165, 1.54) is 19.3 Å². The van der Waals surface area contributed by atoms with E-state index in [4.69, 9.17) is 5.84 Å². The van der Waals surface area contributed by atoms with Gasteiger partial charge in [-0.3, -0.25) is 4.79 Å². The topological polar surface area (TPSA) is 84.1 Å². The first kappa shape index (κ1) is 14.7. The molecule has 1 aliphatic carbocycles. The fourth-order valence-corrected chi connectivity index (χ4v) is 2.81. The normalized spacial score (nSPS) is 22.4. The molecule has 0 saturated heterocycles.